The summed E-state index contributed by atoms with van der Waals surface area (Å²) >= 11 is 0. The molecule has 0 unspecified atom stereocenters. The first kappa shape index (κ1) is 16.9. The molecule has 1 saturated heterocycles. The van der Waals surface area contributed by atoms with Gasteiger partial charge in [-0.05, 0) is 50.3 Å². The topological polar surface area (TPSA) is 86.8 Å². The molecule has 22 heavy (non-hydrogen) atoms. The number of nitrogens with zero attached hydrogens (tertiary/aromatic N) is 1. The molecule has 0 aliphatic carbocycles. The highest BCUT2D eigenvalue weighted by Crippen LogP contribution is 2.21. The van der Waals surface area contributed by atoms with E-state index >= 15 is 0 Å². The van der Waals surface area contributed by atoms with Crippen LogP contribution >= 0.6 is 0 Å². The second-order valence-corrected chi connectivity index (χ2v) is 6.16. The van der Waals surface area contributed by atoms with Crippen molar-refractivity contribution >= 4 is 5.91 Å². The summed E-state index contributed by atoms with van der Waals surface area (Å²) in [6.07, 6.45) is 1.72. The number of primary amides is 1. The van der Waals surface area contributed by atoms with Gasteiger partial charge in [-0.3, -0.25) is 4.79 Å². The molecule has 122 valence electrons. The maximum Gasteiger partial charge on any atom is 0.246 e. The number of β-amino-alcohol motifs (C(OH)–C–C–N with tert-alkyl or cyclic N) is 1. The Labute approximate surface area is 131 Å². The fourth-order valence-electron chi connectivity index (χ4n) is 3.05. The van der Waals surface area contributed by atoms with Crippen molar-refractivity contribution in [1.29, 1.82) is 0 Å². The lowest BCUT2D eigenvalue weighted by Crippen LogP contribution is -2.44. The van der Waals surface area contributed by atoms with E-state index in [1.54, 1.807) is 0 Å². The molecule has 1 aromatic rings. The van der Waals surface area contributed by atoms with E-state index in [4.69, 9.17) is 5.73 Å². The highest BCUT2D eigenvalue weighted by Gasteiger charge is 2.28. The van der Waals surface area contributed by atoms with Crippen molar-refractivity contribution in [2.45, 2.75) is 37.9 Å². The van der Waals surface area contributed by atoms with Gasteiger partial charge in [-0.15, -0.1) is 0 Å². The molecule has 5 heteroatoms. The lowest BCUT2D eigenvalue weighted by atomic mass is 9.90. The lowest BCUT2D eigenvalue weighted by molar-refractivity contribution is -0.129. The molecule has 1 aromatic carbocycles. The van der Waals surface area contributed by atoms with Gasteiger partial charge in [0.15, 0.2) is 0 Å². The number of hydrogen-bond acceptors (Lipinski definition) is 4. The van der Waals surface area contributed by atoms with Crippen LogP contribution in [-0.2, 0) is 11.2 Å². The molecule has 1 fully saturated rings. The molecular weight excluding hydrogens is 280 g/mol. The zero-order valence-corrected chi connectivity index (χ0v) is 12.9. The van der Waals surface area contributed by atoms with Gasteiger partial charge in [0.1, 0.15) is 6.10 Å². The van der Waals surface area contributed by atoms with E-state index in [-0.39, 0.29) is 12.0 Å². The number of amides is 1. The molecule has 2 atom stereocenters. The van der Waals surface area contributed by atoms with Gasteiger partial charge in [0, 0.05) is 6.54 Å². The van der Waals surface area contributed by atoms with Crippen LogP contribution in [-0.4, -0.2) is 52.9 Å². The SMILES string of the molecule is NC(=O)[C@H](O)C1CCN(C[C@H](O)CCc2ccccc2)CC1. The summed E-state index contributed by atoms with van der Waals surface area (Å²) in [5.74, 6) is -0.684. The smallest absolute Gasteiger partial charge is 0.246 e. The van der Waals surface area contributed by atoms with Crippen LogP contribution in [0.5, 0.6) is 0 Å². The summed E-state index contributed by atoms with van der Waals surface area (Å²) in [6, 6.07) is 10.2. The molecule has 0 bridgehead atoms. The third-order valence-electron chi connectivity index (χ3n) is 4.45. The first-order valence-electron chi connectivity index (χ1n) is 7.98. The van der Waals surface area contributed by atoms with Crippen molar-refractivity contribution in [1.82, 2.24) is 4.90 Å². The van der Waals surface area contributed by atoms with Crippen LogP contribution in [0.3, 0.4) is 0 Å². The molecule has 1 aliphatic rings. The zero-order chi connectivity index (χ0) is 15.9. The Morgan fingerprint density at radius 3 is 2.45 bits per heavy atom. The fraction of sp³-hybridized carbons (Fsp3) is 0.588. The van der Waals surface area contributed by atoms with E-state index in [0.29, 0.717) is 6.54 Å². The number of aliphatic hydroxyl groups excluding tert-OH is 2. The number of aryl methyl sites for hydroxylation is 1. The van der Waals surface area contributed by atoms with Crippen molar-refractivity contribution in [3.8, 4) is 0 Å². The summed E-state index contributed by atoms with van der Waals surface area (Å²) in [5.41, 5.74) is 6.38. The highest BCUT2D eigenvalue weighted by molar-refractivity contribution is 5.78. The molecule has 1 heterocycles. The van der Waals surface area contributed by atoms with Crippen LogP contribution in [0.25, 0.3) is 0 Å². The number of piperidine rings is 1. The highest BCUT2D eigenvalue weighted by atomic mass is 16.3. The summed E-state index contributed by atoms with van der Waals surface area (Å²) in [7, 11) is 0. The van der Waals surface area contributed by atoms with Crippen LogP contribution in [0.4, 0.5) is 0 Å². The van der Waals surface area contributed by atoms with Crippen LogP contribution in [0.15, 0.2) is 30.3 Å². The Kier molecular flexibility index (Phi) is 6.36. The summed E-state index contributed by atoms with van der Waals surface area (Å²) < 4.78 is 0. The van der Waals surface area contributed by atoms with Crippen LogP contribution in [0.1, 0.15) is 24.8 Å². The van der Waals surface area contributed by atoms with E-state index in [2.05, 4.69) is 17.0 Å². The standard InChI is InChI=1S/C17H26N2O3/c18-17(22)16(21)14-8-10-19(11-9-14)12-15(20)7-6-13-4-2-1-3-5-13/h1-5,14-16,20-21H,6-12H2,(H2,18,22)/t15-,16-/m1/s1. The third kappa shape index (κ3) is 5.09. The van der Waals surface area contributed by atoms with Crippen molar-refractivity contribution in [3.05, 3.63) is 35.9 Å². The molecule has 1 aliphatic heterocycles. The maximum absolute atomic E-state index is 11.0. The molecule has 2 rings (SSSR count). The third-order valence-corrected chi connectivity index (χ3v) is 4.45. The Morgan fingerprint density at radius 2 is 1.86 bits per heavy atom. The number of carbonyl (C=O) groups excluding carboxylic acids is 1. The van der Waals surface area contributed by atoms with Crippen LogP contribution < -0.4 is 5.73 Å². The summed E-state index contributed by atoms with van der Waals surface area (Å²) in [4.78, 5) is 13.2. The van der Waals surface area contributed by atoms with Gasteiger partial charge in [-0.25, -0.2) is 0 Å². The molecule has 0 spiro atoms. The minimum atomic E-state index is -1.04. The fourth-order valence-corrected chi connectivity index (χ4v) is 3.05. The Morgan fingerprint density at radius 1 is 1.23 bits per heavy atom. The Hall–Kier alpha value is -1.43. The van der Waals surface area contributed by atoms with Crippen LogP contribution in [0.2, 0.25) is 0 Å². The van der Waals surface area contributed by atoms with Gasteiger partial charge in [0.2, 0.25) is 5.91 Å². The van der Waals surface area contributed by atoms with Gasteiger partial charge in [0.25, 0.3) is 0 Å². The van der Waals surface area contributed by atoms with Crippen molar-refractivity contribution in [2.75, 3.05) is 19.6 Å². The van der Waals surface area contributed by atoms with E-state index in [9.17, 15) is 15.0 Å². The average molecular weight is 306 g/mol. The van der Waals surface area contributed by atoms with Crippen molar-refractivity contribution in [3.63, 3.8) is 0 Å². The maximum atomic E-state index is 11.0. The molecule has 0 saturated carbocycles. The largest absolute Gasteiger partial charge is 0.392 e. The first-order chi connectivity index (χ1) is 10.6. The number of carbonyl (C=O) groups is 1. The van der Waals surface area contributed by atoms with Gasteiger partial charge in [0.05, 0.1) is 6.10 Å². The second kappa shape index (κ2) is 8.27. The molecular formula is C17H26N2O3. The van der Waals surface area contributed by atoms with Gasteiger partial charge in [-0.2, -0.15) is 0 Å². The van der Waals surface area contributed by atoms with Crippen LogP contribution in [0, 0.1) is 5.92 Å². The molecule has 5 nitrogen and oxygen atoms in total. The second-order valence-electron chi connectivity index (χ2n) is 6.16. The lowest BCUT2D eigenvalue weighted by Gasteiger charge is -2.34. The number of nitrogens with two attached hydrogens (primary N) is 1. The summed E-state index contributed by atoms with van der Waals surface area (Å²) in [5, 5.41) is 19.8. The van der Waals surface area contributed by atoms with Gasteiger partial charge < -0.3 is 20.8 Å². The van der Waals surface area contributed by atoms with Crippen molar-refractivity contribution in [2.24, 2.45) is 11.7 Å². The normalized spacial score (nSPS) is 19.7. The number of hydrogen-bond donors (Lipinski definition) is 3. The Balaban J connectivity index is 1.68. The van der Waals surface area contributed by atoms with E-state index in [1.165, 1.54) is 5.56 Å². The zero-order valence-electron chi connectivity index (χ0n) is 12.9. The Bertz CT molecular complexity index is 458. The van der Waals surface area contributed by atoms with Gasteiger partial charge in [-0.1, -0.05) is 30.3 Å². The van der Waals surface area contributed by atoms with E-state index in [1.807, 2.05) is 18.2 Å². The monoisotopic (exact) mass is 306 g/mol. The summed E-state index contributed by atoms with van der Waals surface area (Å²) in [6.45, 7) is 2.22. The van der Waals surface area contributed by atoms with E-state index < -0.39 is 12.0 Å². The molecule has 0 aromatic heterocycles. The van der Waals surface area contributed by atoms with Gasteiger partial charge >= 0.3 is 0 Å². The number of benzene rings is 1. The average Bonchev–Trinajstić information content (AvgIpc) is 2.54. The number of likely N-dealkylation sites (tertiary alicyclic amines) is 1. The molecule has 1 amide bonds. The first-order valence-corrected chi connectivity index (χ1v) is 7.98. The van der Waals surface area contributed by atoms with E-state index in [0.717, 1.165) is 38.8 Å². The number of aliphatic hydroxyl groups is 2. The predicted molar refractivity (Wildman–Crippen MR) is 85.1 cm³/mol. The minimum absolute atomic E-state index is 0.0461. The number of rotatable bonds is 7. The minimum Gasteiger partial charge on any atom is -0.392 e. The predicted octanol–water partition coefficient (Wildman–Crippen LogP) is 0.538. The molecule has 4 N–H and O–H groups in total. The quantitative estimate of drug-likeness (QED) is 0.686. The molecule has 0 radical (unpaired) electrons. The van der Waals surface area contributed by atoms with Crippen molar-refractivity contribution < 1.29 is 15.0 Å².